The zero-order valence-corrected chi connectivity index (χ0v) is 19.2. The van der Waals surface area contributed by atoms with E-state index in [1.165, 1.54) is 5.01 Å². The second-order valence-electron chi connectivity index (χ2n) is 7.18. The first kappa shape index (κ1) is 22.8. The van der Waals surface area contributed by atoms with Gasteiger partial charge in [-0.05, 0) is 48.6 Å². The van der Waals surface area contributed by atoms with Gasteiger partial charge in [0.25, 0.3) is 0 Å². The Morgan fingerprint density at radius 3 is 2.72 bits per heavy atom. The number of halogens is 2. The van der Waals surface area contributed by atoms with Crippen LogP contribution in [-0.2, 0) is 21.8 Å². The van der Waals surface area contributed by atoms with E-state index in [4.69, 9.17) is 61.2 Å². The predicted molar refractivity (Wildman–Crippen MR) is 127 cm³/mol. The molecule has 1 aliphatic heterocycles. The minimum atomic E-state index is -1.10. The van der Waals surface area contributed by atoms with Gasteiger partial charge in [0.15, 0.2) is 5.11 Å². The lowest BCUT2D eigenvalue weighted by molar-refractivity contribution is -0.189. The Labute approximate surface area is 200 Å². The number of hydrazine groups is 1. The Balaban J connectivity index is 1.47. The first-order valence-electron chi connectivity index (χ1n) is 9.66. The summed E-state index contributed by atoms with van der Waals surface area (Å²) in [5, 5.41) is 2.28. The summed E-state index contributed by atoms with van der Waals surface area (Å²) in [6.07, 6.45) is 4.89. The number of imidazole rings is 1. The van der Waals surface area contributed by atoms with Crippen LogP contribution in [0.2, 0.25) is 10.0 Å². The second-order valence-corrected chi connectivity index (χ2v) is 8.44. The largest absolute Gasteiger partial charge is 0.491 e. The molecule has 0 saturated carbocycles. The minimum absolute atomic E-state index is 0.0743. The van der Waals surface area contributed by atoms with Crippen LogP contribution >= 0.6 is 35.4 Å². The fourth-order valence-electron chi connectivity index (χ4n) is 3.39. The van der Waals surface area contributed by atoms with Gasteiger partial charge in [-0.1, -0.05) is 29.3 Å². The fraction of sp³-hybridized carbons (Fsp3) is 0.238. The van der Waals surface area contributed by atoms with Crippen molar-refractivity contribution in [1.29, 1.82) is 0 Å². The van der Waals surface area contributed by atoms with E-state index in [0.29, 0.717) is 40.2 Å². The third-order valence-corrected chi connectivity index (χ3v) is 5.68. The topological polar surface area (TPSA) is 101 Å². The highest BCUT2D eigenvalue weighted by molar-refractivity contribution is 7.80. The number of benzene rings is 2. The number of ether oxygens (including phenoxy) is 3. The van der Waals surface area contributed by atoms with Gasteiger partial charge >= 0.3 is 0 Å². The molecule has 4 N–H and O–H groups in total. The molecule has 2 unspecified atom stereocenters. The van der Waals surface area contributed by atoms with Crippen molar-refractivity contribution in [2.24, 2.45) is 11.6 Å². The number of aromatic nitrogens is 2. The number of nitrogens with zero attached hydrogens (tertiary/aromatic N) is 3. The van der Waals surface area contributed by atoms with Crippen molar-refractivity contribution in [3.63, 3.8) is 0 Å². The Hall–Kier alpha value is -2.40. The maximum absolute atomic E-state index is 6.49. The van der Waals surface area contributed by atoms with Crippen molar-refractivity contribution < 1.29 is 14.2 Å². The van der Waals surface area contributed by atoms with Crippen LogP contribution in [0.15, 0.2) is 61.2 Å². The van der Waals surface area contributed by atoms with Crippen molar-refractivity contribution in [2.75, 3.05) is 18.2 Å². The average molecular weight is 494 g/mol. The molecule has 3 aromatic rings. The highest BCUT2D eigenvalue weighted by Gasteiger charge is 2.45. The van der Waals surface area contributed by atoms with Crippen molar-refractivity contribution >= 4 is 46.2 Å². The number of nitrogens with two attached hydrogens (primary N) is 2. The molecule has 0 aliphatic carbocycles. The molecular formula is C21H21Cl2N5O3S. The molecule has 4 rings (SSSR count). The molecule has 32 heavy (non-hydrogen) atoms. The van der Waals surface area contributed by atoms with Gasteiger partial charge in [-0.3, -0.25) is 5.01 Å². The summed E-state index contributed by atoms with van der Waals surface area (Å²) in [6, 6.07) is 12.3. The van der Waals surface area contributed by atoms with Crippen LogP contribution in [0.5, 0.6) is 5.75 Å². The van der Waals surface area contributed by atoms with Crippen molar-refractivity contribution in [2.45, 2.75) is 18.4 Å². The van der Waals surface area contributed by atoms with Crippen LogP contribution in [0.4, 0.5) is 5.69 Å². The standard InChI is InChI=1S/C21H21Cl2N5O3S/c22-14-1-6-18(19(23)9-14)21(12-27-8-7-26-13-27)30-11-17(31-21)10-29-16-4-2-15(3-5-16)28(25)20(24)32/h1-9,13,17H,10-12,25H2,(H2,24,32). The van der Waals surface area contributed by atoms with Crippen molar-refractivity contribution in [3.05, 3.63) is 76.8 Å². The highest BCUT2D eigenvalue weighted by atomic mass is 35.5. The molecule has 0 amide bonds. The summed E-state index contributed by atoms with van der Waals surface area (Å²) in [7, 11) is 0. The molecule has 0 spiro atoms. The maximum atomic E-state index is 6.49. The Kier molecular flexibility index (Phi) is 6.85. The van der Waals surface area contributed by atoms with Crippen LogP contribution in [0.25, 0.3) is 0 Å². The molecule has 0 radical (unpaired) electrons. The van der Waals surface area contributed by atoms with Crippen LogP contribution in [0.3, 0.4) is 0 Å². The SMILES string of the molecule is NC(=S)N(N)c1ccc(OCC2COC(Cn3ccnc3)(c3ccc(Cl)cc3Cl)O2)cc1. The third kappa shape index (κ3) is 4.98. The van der Waals surface area contributed by atoms with Gasteiger partial charge in [0.1, 0.15) is 18.5 Å². The fourth-order valence-corrected chi connectivity index (χ4v) is 4.05. The summed E-state index contributed by atoms with van der Waals surface area (Å²) >= 11 is 17.4. The normalized spacial score (nSPS) is 20.3. The van der Waals surface area contributed by atoms with Gasteiger partial charge in [-0.2, -0.15) is 0 Å². The van der Waals surface area contributed by atoms with E-state index < -0.39 is 5.79 Å². The summed E-state index contributed by atoms with van der Waals surface area (Å²) in [5.41, 5.74) is 6.88. The zero-order valence-electron chi connectivity index (χ0n) is 16.9. The number of hydrogen-bond acceptors (Lipinski definition) is 6. The van der Waals surface area contributed by atoms with Gasteiger partial charge < -0.3 is 24.5 Å². The van der Waals surface area contributed by atoms with E-state index >= 15 is 0 Å². The predicted octanol–water partition coefficient (Wildman–Crippen LogP) is 3.46. The van der Waals surface area contributed by atoms with Crippen LogP contribution in [-0.4, -0.2) is 34.0 Å². The molecule has 2 heterocycles. The number of rotatable bonds is 7. The molecule has 1 saturated heterocycles. The summed E-state index contributed by atoms with van der Waals surface area (Å²) in [4.78, 5) is 4.10. The summed E-state index contributed by atoms with van der Waals surface area (Å²) in [5.74, 6) is 5.33. The van der Waals surface area contributed by atoms with Gasteiger partial charge in [0.2, 0.25) is 5.79 Å². The average Bonchev–Trinajstić information content (AvgIpc) is 3.43. The summed E-state index contributed by atoms with van der Waals surface area (Å²) < 4.78 is 20.3. The van der Waals surface area contributed by atoms with E-state index in [1.807, 2.05) is 16.8 Å². The van der Waals surface area contributed by atoms with Gasteiger partial charge in [-0.15, -0.1) is 0 Å². The van der Waals surface area contributed by atoms with E-state index in [9.17, 15) is 0 Å². The van der Waals surface area contributed by atoms with Crippen LogP contribution in [0, 0.1) is 0 Å². The number of anilines is 1. The Morgan fingerprint density at radius 1 is 1.28 bits per heavy atom. The molecule has 1 aromatic heterocycles. The quantitative estimate of drug-likeness (QED) is 0.293. The van der Waals surface area contributed by atoms with Crippen LogP contribution < -0.4 is 21.3 Å². The minimum Gasteiger partial charge on any atom is -0.491 e. The first-order chi connectivity index (χ1) is 15.4. The lowest BCUT2D eigenvalue weighted by Crippen LogP contribution is -2.41. The molecule has 1 fully saturated rings. The molecule has 11 heteroatoms. The molecular weight excluding hydrogens is 473 g/mol. The molecule has 168 valence electrons. The molecule has 2 aromatic carbocycles. The van der Waals surface area contributed by atoms with Crippen LogP contribution in [0.1, 0.15) is 5.56 Å². The van der Waals surface area contributed by atoms with E-state index in [0.717, 1.165) is 0 Å². The van der Waals surface area contributed by atoms with E-state index in [2.05, 4.69) is 4.98 Å². The monoisotopic (exact) mass is 493 g/mol. The third-order valence-electron chi connectivity index (χ3n) is 4.94. The van der Waals surface area contributed by atoms with Gasteiger partial charge in [0.05, 0.1) is 30.2 Å². The van der Waals surface area contributed by atoms with Gasteiger partial charge in [0, 0.05) is 23.0 Å². The molecule has 1 aliphatic rings. The van der Waals surface area contributed by atoms with Crippen molar-refractivity contribution in [1.82, 2.24) is 9.55 Å². The van der Waals surface area contributed by atoms with E-state index in [1.54, 1.807) is 48.9 Å². The summed E-state index contributed by atoms with van der Waals surface area (Å²) in [6.45, 7) is 0.965. The smallest absolute Gasteiger partial charge is 0.215 e. The first-order valence-corrected chi connectivity index (χ1v) is 10.8. The Bertz CT molecular complexity index is 1080. The van der Waals surface area contributed by atoms with Gasteiger partial charge in [-0.25, -0.2) is 10.8 Å². The lowest BCUT2D eigenvalue weighted by Gasteiger charge is -2.30. The molecule has 2 atom stereocenters. The number of thiocarbonyl (C=S) groups is 1. The highest BCUT2D eigenvalue weighted by Crippen LogP contribution is 2.40. The lowest BCUT2D eigenvalue weighted by atomic mass is 10.1. The molecule has 0 bridgehead atoms. The van der Waals surface area contributed by atoms with Crippen molar-refractivity contribution in [3.8, 4) is 5.75 Å². The molecule has 8 nitrogen and oxygen atoms in total. The second kappa shape index (κ2) is 9.62. The zero-order chi connectivity index (χ0) is 22.7. The Morgan fingerprint density at radius 2 is 2.06 bits per heavy atom. The van der Waals surface area contributed by atoms with E-state index in [-0.39, 0.29) is 17.8 Å². The maximum Gasteiger partial charge on any atom is 0.215 e. The number of hydrogen-bond donors (Lipinski definition) is 2.